The van der Waals surface area contributed by atoms with E-state index < -0.39 is 16.1 Å². The number of ether oxygens (including phenoxy) is 1. The van der Waals surface area contributed by atoms with Crippen LogP contribution in [-0.2, 0) is 14.8 Å². The molecule has 0 bridgehead atoms. The van der Waals surface area contributed by atoms with Gasteiger partial charge in [-0.15, -0.1) is 0 Å². The zero-order chi connectivity index (χ0) is 29.9. The van der Waals surface area contributed by atoms with Crippen molar-refractivity contribution in [2.75, 3.05) is 50.5 Å². The van der Waals surface area contributed by atoms with Crippen LogP contribution in [0.15, 0.2) is 53.0 Å². The van der Waals surface area contributed by atoms with Crippen LogP contribution < -0.4 is 10.6 Å². The molecule has 0 aliphatic carbocycles. The average Bonchev–Trinajstić information content (AvgIpc) is 3.37. The van der Waals surface area contributed by atoms with E-state index in [1.807, 2.05) is 36.4 Å². The first-order chi connectivity index (χ1) is 20.2. The Morgan fingerprint density at radius 1 is 1.14 bits per heavy atom. The number of piperazine rings is 1. The minimum Gasteiger partial charge on any atom is -0.453 e. The molecule has 1 aliphatic rings. The molecule has 1 atom stereocenters. The van der Waals surface area contributed by atoms with Gasteiger partial charge < -0.3 is 10.1 Å². The van der Waals surface area contributed by atoms with Crippen LogP contribution in [0.4, 0.5) is 15.7 Å². The van der Waals surface area contributed by atoms with Gasteiger partial charge >= 0.3 is 6.09 Å². The van der Waals surface area contributed by atoms with Crippen molar-refractivity contribution in [2.45, 2.75) is 24.1 Å². The summed E-state index contributed by atoms with van der Waals surface area (Å²) >= 11 is 0.915. The fourth-order valence-electron chi connectivity index (χ4n) is 4.96. The van der Waals surface area contributed by atoms with Gasteiger partial charge in [-0.1, -0.05) is 41.7 Å². The Labute approximate surface area is 247 Å². The second-order valence-corrected chi connectivity index (χ2v) is 13.1. The molecule has 0 radical (unpaired) electrons. The predicted octanol–water partition coefficient (Wildman–Crippen LogP) is 3.86. The average molecular weight is 610 g/mol. The van der Waals surface area contributed by atoms with Gasteiger partial charge in [-0.05, 0) is 31.5 Å². The molecular formula is C28H31N7O5S2. The molecule has 12 nitrogen and oxygen atoms in total. The van der Waals surface area contributed by atoms with Crippen LogP contribution in [0.1, 0.15) is 23.0 Å². The third-order valence-corrected chi connectivity index (χ3v) is 10.5. The third-order valence-electron chi connectivity index (χ3n) is 6.97. The maximum Gasteiger partial charge on any atom is 0.413 e. The van der Waals surface area contributed by atoms with E-state index in [4.69, 9.17) is 0 Å². The van der Waals surface area contributed by atoms with Gasteiger partial charge in [0.1, 0.15) is 18.4 Å². The number of amides is 1. The molecule has 1 aliphatic heterocycles. The van der Waals surface area contributed by atoms with E-state index >= 15 is 0 Å². The van der Waals surface area contributed by atoms with Crippen molar-refractivity contribution >= 4 is 55.6 Å². The topological polar surface area (TPSA) is 147 Å². The summed E-state index contributed by atoms with van der Waals surface area (Å²) in [7, 11) is -2.52. The van der Waals surface area contributed by atoms with Crippen LogP contribution in [0, 0.1) is 6.92 Å². The first-order valence-corrected chi connectivity index (χ1v) is 15.6. The number of aromatic nitrogens is 3. The van der Waals surface area contributed by atoms with Crippen LogP contribution in [0.5, 0.6) is 0 Å². The molecule has 3 heterocycles. The molecule has 2 aromatic carbocycles. The summed E-state index contributed by atoms with van der Waals surface area (Å²) in [6.07, 6.45) is 1.65. The normalized spacial score (nSPS) is 15.3. The Kier molecular flexibility index (Phi) is 8.77. The van der Waals surface area contributed by atoms with E-state index in [1.54, 1.807) is 13.0 Å². The number of benzene rings is 2. The monoisotopic (exact) mass is 609 g/mol. The Morgan fingerprint density at radius 2 is 1.90 bits per heavy atom. The Balaban J connectivity index is 1.23. The number of sulfonamides is 1. The van der Waals surface area contributed by atoms with Crippen molar-refractivity contribution in [3.05, 3.63) is 60.0 Å². The number of anilines is 2. The van der Waals surface area contributed by atoms with Gasteiger partial charge in [0.25, 0.3) is 10.0 Å². The number of aldehydes is 1. The lowest BCUT2D eigenvalue weighted by molar-refractivity contribution is 0.112. The van der Waals surface area contributed by atoms with Gasteiger partial charge in [0.05, 0.1) is 18.3 Å². The van der Waals surface area contributed by atoms with Crippen molar-refractivity contribution in [1.29, 1.82) is 0 Å². The Morgan fingerprint density at radius 3 is 2.64 bits per heavy atom. The molecule has 220 valence electrons. The zero-order valence-electron chi connectivity index (χ0n) is 23.4. The number of carbonyl (C=O) groups is 2. The highest BCUT2D eigenvalue weighted by molar-refractivity contribution is 7.91. The number of hydrogen-bond acceptors (Lipinski definition) is 11. The van der Waals surface area contributed by atoms with E-state index in [9.17, 15) is 18.0 Å². The predicted molar refractivity (Wildman–Crippen MR) is 162 cm³/mol. The van der Waals surface area contributed by atoms with Crippen molar-refractivity contribution in [3.63, 3.8) is 0 Å². The molecule has 1 saturated heterocycles. The lowest BCUT2D eigenvalue weighted by Crippen LogP contribution is -2.50. The molecule has 5 rings (SSSR count). The van der Waals surface area contributed by atoms with E-state index in [0.29, 0.717) is 49.8 Å². The summed E-state index contributed by atoms with van der Waals surface area (Å²) in [5.41, 5.74) is 3.54. The van der Waals surface area contributed by atoms with Crippen LogP contribution >= 0.6 is 11.3 Å². The number of rotatable bonds is 9. The highest BCUT2D eigenvalue weighted by Crippen LogP contribution is 2.32. The molecule has 42 heavy (non-hydrogen) atoms. The fourth-order valence-corrected chi connectivity index (χ4v) is 7.92. The quantitative estimate of drug-likeness (QED) is 0.268. The first-order valence-electron chi connectivity index (χ1n) is 13.3. The second kappa shape index (κ2) is 12.5. The highest BCUT2D eigenvalue weighted by atomic mass is 32.2. The van der Waals surface area contributed by atoms with E-state index in [-0.39, 0.29) is 15.4 Å². The number of nitrogens with zero attached hydrogens (tertiary/aromatic N) is 5. The van der Waals surface area contributed by atoms with Gasteiger partial charge in [-0.25, -0.2) is 28.2 Å². The number of thiazole rings is 1. The van der Waals surface area contributed by atoms with E-state index in [1.165, 1.54) is 17.7 Å². The van der Waals surface area contributed by atoms with Gasteiger partial charge in [-0.2, -0.15) is 4.31 Å². The lowest BCUT2D eigenvalue weighted by atomic mass is 10.0. The second-order valence-electron chi connectivity index (χ2n) is 9.93. The zero-order valence-corrected chi connectivity index (χ0v) is 25.0. The SMILES string of the molecule is COC(=O)Nc1nc(C)c(S(=O)(=O)N2CCN(C[C@H](C)Nc3ncnc4c(-c5cccc(C=O)c5)cccc34)CC2)s1. The molecule has 2 N–H and O–H groups in total. The standard InChI is InChI=1S/C28H31N7O5S2/c1-18(31-25-23-9-5-8-22(24(23)29-17-30-25)21-7-4-6-20(14-21)16-36)15-34-10-12-35(13-11-34)42(38,39)26-19(2)32-27(41-26)33-28(37)40-3/h4-9,14,16-18H,10-13,15H2,1-3H3,(H,29,30,31)(H,32,33,37)/t18-/m0/s1. The molecule has 1 fully saturated rings. The van der Waals surface area contributed by atoms with Gasteiger partial charge in [-0.3, -0.25) is 15.0 Å². The van der Waals surface area contributed by atoms with Gasteiger partial charge in [0, 0.05) is 55.3 Å². The minimum absolute atomic E-state index is 0.0176. The molecule has 1 amide bonds. The summed E-state index contributed by atoms with van der Waals surface area (Å²) in [5, 5.41) is 6.98. The van der Waals surface area contributed by atoms with Gasteiger partial charge in [0.2, 0.25) is 0 Å². The third kappa shape index (κ3) is 6.26. The number of aryl methyl sites for hydroxylation is 1. The van der Waals surface area contributed by atoms with Crippen LogP contribution in [0.3, 0.4) is 0 Å². The maximum absolute atomic E-state index is 13.3. The highest BCUT2D eigenvalue weighted by Gasteiger charge is 2.32. The summed E-state index contributed by atoms with van der Waals surface area (Å²) in [6, 6.07) is 13.3. The fraction of sp³-hybridized carbons (Fsp3) is 0.321. The Bertz CT molecular complexity index is 1720. The first kappa shape index (κ1) is 29.5. The maximum atomic E-state index is 13.3. The largest absolute Gasteiger partial charge is 0.453 e. The van der Waals surface area contributed by atoms with Crippen molar-refractivity contribution < 1.29 is 22.7 Å². The summed E-state index contributed by atoms with van der Waals surface area (Å²) in [6.45, 7) is 6.17. The number of hydrogen-bond donors (Lipinski definition) is 2. The number of carbonyl (C=O) groups excluding carboxylic acids is 2. The summed E-state index contributed by atoms with van der Waals surface area (Å²) in [5.74, 6) is 0.708. The molecule has 2 aromatic heterocycles. The minimum atomic E-state index is -3.75. The summed E-state index contributed by atoms with van der Waals surface area (Å²) in [4.78, 5) is 38.2. The molecule has 0 saturated carbocycles. The van der Waals surface area contributed by atoms with Crippen molar-refractivity contribution in [2.24, 2.45) is 0 Å². The molecule has 4 aromatic rings. The van der Waals surface area contributed by atoms with E-state index in [0.717, 1.165) is 39.7 Å². The number of para-hydroxylation sites is 1. The molecule has 14 heteroatoms. The van der Waals surface area contributed by atoms with Gasteiger partial charge in [0.15, 0.2) is 9.34 Å². The van der Waals surface area contributed by atoms with Crippen LogP contribution in [0.2, 0.25) is 0 Å². The summed E-state index contributed by atoms with van der Waals surface area (Å²) < 4.78 is 32.8. The lowest BCUT2D eigenvalue weighted by Gasteiger charge is -2.35. The molecule has 0 spiro atoms. The Hall–Kier alpha value is -3.98. The number of fused-ring (bicyclic) bond motifs is 1. The molecule has 0 unspecified atom stereocenters. The van der Waals surface area contributed by atoms with Crippen LogP contribution in [-0.4, -0.2) is 90.8 Å². The van der Waals surface area contributed by atoms with Crippen LogP contribution in [0.25, 0.3) is 22.0 Å². The van der Waals surface area contributed by atoms with Crippen molar-refractivity contribution in [1.82, 2.24) is 24.2 Å². The van der Waals surface area contributed by atoms with E-state index in [2.05, 4.69) is 42.1 Å². The molecular weight excluding hydrogens is 578 g/mol. The smallest absolute Gasteiger partial charge is 0.413 e. The number of nitrogens with one attached hydrogen (secondary N) is 2. The van der Waals surface area contributed by atoms with Crippen molar-refractivity contribution in [3.8, 4) is 11.1 Å². The number of methoxy groups -OCH3 is 1.